The van der Waals surface area contributed by atoms with Gasteiger partial charge in [0.05, 0.1) is 24.4 Å². The number of ether oxygens (including phenoxy) is 2. The van der Waals surface area contributed by atoms with Crippen molar-refractivity contribution >= 4 is 27.2 Å². The highest BCUT2D eigenvalue weighted by Crippen LogP contribution is 2.36. The van der Waals surface area contributed by atoms with Crippen molar-refractivity contribution in [2.24, 2.45) is 5.18 Å². The number of nitrogens with zero attached hydrogens (tertiary/aromatic N) is 2. The first-order valence-electron chi connectivity index (χ1n) is 6.21. The zero-order chi connectivity index (χ0) is 14.8. The van der Waals surface area contributed by atoms with Gasteiger partial charge in [-0.05, 0) is 41.6 Å². The van der Waals surface area contributed by atoms with E-state index in [9.17, 15) is 4.91 Å². The fraction of sp³-hybridized carbons (Fsp3) is 0.133. The van der Waals surface area contributed by atoms with Crippen molar-refractivity contribution in [3.8, 4) is 22.1 Å². The molecule has 3 aromatic rings. The second-order valence-electron chi connectivity index (χ2n) is 4.33. The molecule has 0 bridgehead atoms. The Morgan fingerprint density at radius 1 is 1.10 bits per heavy atom. The van der Waals surface area contributed by atoms with Crippen molar-refractivity contribution < 1.29 is 9.47 Å². The third kappa shape index (κ3) is 2.45. The van der Waals surface area contributed by atoms with E-state index in [4.69, 9.17) is 9.47 Å². The number of hydrogen-bond acceptors (Lipinski definition) is 6. The maximum Gasteiger partial charge on any atom is 0.149 e. The fourth-order valence-corrected chi connectivity index (χ4v) is 3.03. The fourth-order valence-electron chi connectivity index (χ4n) is 2.04. The SMILES string of the molecule is COc1ccc2nc(-c3ccc(N=O)c(OC)c3)sc2c1. The molecule has 0 spiro atoms. The van der Waals surface area contributed by atoms with Crippen LogP contribution in [0.25, 0.3) is 20.8 Å². The van der Waals surface area contributed by atoms with Crippen molar-refractivity contribution in [1.29, 1.82) is 0 Å². The molecule has 106 valence electrons. The van der Waals surface area contributed by atoms with Crippen LogP contribution in [0.4, 0.5) is 5.69 Å². The molecule has 1 heterocycles. The largest absolute Gasteiger partial charge is 0.497 e. The highest BCUT2D eigenvalue weighted by molar-refractivity contribution is 7.21. The summed E-state index contributed by atoms with van der Waals surface area (Å²) < 4.78 is 11.4. The minimum absolute atomic E-state index is 0.282. The topological polar surface area (TPSA) is 60.8 Å². The normalized spacial score (nSPS) is 10.6. The summed E-state index contributed by atoms with van der Waals surface area (Å²) in [5.74, 6) is 1.25. The Bertz CT molecular complexity index is 814. The van der Waals surface area contributed by atoms with Crippen LogP contribution in [0.3, 0.4) is 0 Å². The average Bonchev–Trinajstić information content (AvgIpc) is 2.96. The lowest BCUT2D eigenvalue weighted by Crippen LogP contribution is -1.84. The Morgan fingerprint density at radius 2 is 1.95 bits per heavy atom. The van der Waals surface area contributed by atoms with Crippen molar-refractivity contribution in [2.45, 2.75) is 0 Å². The first-order valence-corrected chi connectivity index (χ1v) is 7.03. The van der Waals surface area contributed by atoms with E-state index >= 15 is 0 Å². The molecule has 0 aliphatic rings. The molecule has 1 aromatic heterocycles. The molecular weight excluding hydrogens is 288 g/mol. The number of rotatable bonds is 4. The Balaban J connectivity index is 2.09. The zero-order valence-corrected chi connectivity index (χ0v) is 12.3. The van der Waals surface area contributed by atoms with Gasteiger partial charge in [-0.3, -0.25) is 0 Å². The van der Waals surface area contributed by atoms with E-state index in [0.717, 1.165) is 26.5 Å². The Labute approximate surface area is 125 Å². The standard InChI is InChI=1S/C15H12N2O3S/c1-19-10-4-6-12-14(8-10)21-15(16-12)9-3-5-11(17-18)13(7-9)20-2/h3-8H,1-2H3. The number of thiazole rings is 1. The summed E-state index contributed by atoms with van der Waals surface area (Å²) >= 11 is 1.56. The van der Waals surface area contributed by atoms with Gasteiger partial charge in [0, 0.05) is 5.56 Å². The lowest BCUT2D eigenvalue weighted by Gasteiger charge is -2.03. The van der Waals surface area contributed by atoms with Gasteiger partial charge < -0.3 is 9.47 Å². The second kappa shape index (κ2) is 5.49. The second-order valence-corrected chi connectivity index (χ2v) is 5.36. The number of hydrogen-bond donors (Lipinski definition) is 0. The van der Waals surface area contributed by atoms with Crippen LogP contribution >= 0.6 is 11.3 Å². The molecule has 0 N–H and O–H groups in total. The summed E-state index contributed by atoms with van der Waals surface area (Å²) in [6, 6.07) is 11.0. The van der Waals surface area contributed by atoms with Crippen molar-refractivity contribution in [1.82, 2.24) is 4.98 Å². The molecule has 5 nitrogen and oxygen atoms in total. The van der Waals surface area contributed by atoms with Crippen molar-refractivity contribution in [3.05, 3.63) is 41.3 Å². The van der Waals surface area contributed by atoms with Crippen LogP contribution in [0, 0.1) is 4.91 Å². The highest BCUT2D eigenvalue weighted by Gasteiger charge is 2.11. The van der Waals surface area contributed by atoms with Gasteiger partial charge in [0.15, 0.2) is 0 Å². The van der Waals surface area contributed by atoms with Gasteiger partial charge >= 0.3 is 0 Å². The molecule has 3 rings (SSSR count). The van der Waals surface area contributed by atoms with Gasteiger partial charge in [-0.1, -0.05) is 0 Å². The van der Waals surface area contributed by atoms with Gasteiger partial charge in [0.25, 0.3) is 0 Å². The average molecular weight is 300 g/mol. The molecule has 21 heavy (non-hydrogen) atoms. The Morgan fingerprint density at radius 3 is 2.67 bits per heavy atom. The quantitative estimate of drug-likeness (QED) is 0.671. The van der Waals surface area contributed by atoms with E-state index < -0.39 is 0 Å². The highest BCUT2D eigenvalue weighted by atomic mass is 32.1. The number of aromatic nitrogens is 1. The van der Waals surface area contributed by atoms with E-state index in [1.54, 1.807) is 30.6 Å². The maximum atomic E-state index is 10.7. The predicted octanol–water partition coefficient (Wildman–Crippen LogP) is 4.38. The van der Waals surface area contributed by atoms with Crippen LogP contribution in [-0.4, -0.2) is 19.2 Å². The van der Waals surface area contributed by atoms with Gasteiger partial charge in [0.2, 0.25) is 0 Å². The zero-order valence-electron chi connectivity index (χ0n) is 11.5. The number of methoxy groups -OCH3 is 2. The number of benzene rings is 2. The number of nitroso groups, excluding NO2 is 1. The Kier molecular flexibility index (Phi) is 3.53. The van der Waals surface area contributed by atoms with Gasteiger partial charge in [0.1, 0.15) is 22.2 Å². The predicted molar refractivity (Wildman–Crippen MR) is 83.6 cm³/mol. The van der Waals surface area contributed by atoms with Crippen molar-refractivity contribution in [3.63, 3.8) is 0 Å². The molecule has 0 saturated heterocycles. The third-order valence-corrected chi connectivity index (χ3v) is 4.19. The lowest BCUT2D eigenvalue weighted by atomic mass is 10.2. The van der Waals surface area contributed by atoms with Gasteiger partial charge in [-0.15, -0.1) is 16.2 Å². The van der Waals surface area contributed by atoms with Gasteiger partial charge in [-0.2, -0.15) is 0 Å². The summed E-state index contributed by atoms with van der Waals surface area (Å²) in [4.78, 5) is 15.3. The molecule has 0 aliphatic carbocycles. The first-order chi connectivity index (χ1) is 10.2. The molecular formula is C15H12N2O3S. The molecule has 0 unspecified atom stereocenters. The molecule has 0 aliphatic heterocycles. The van der Waals surface area contributed by atoms with Gasteiger partial charge in [-0.25, -0.2) is 4.98 Å². The first kappa shape index (κ1) is 13.5. The van der Waals surface area contributed by atoms with Crippen LogP contribution in [0.1, 0.15) is 0 Å². The molecule has 0 saturated carbocycles. The summed E-state index contributed by atoms with van der Waals surface area (Å²) in [6.45, 7) is 0. The summed E-state index contributed by atoms with van der Waals surface area (Å²) in [5, 5.41) is 3.79. The van der Waals surface area contributed by atoms with E-state index in [2.05, 4.69) is 10.2 Å². The van der Waals surface area contributed by atoms with E-state index in [0.29, 0.717) is 5.75 Å². The molecule has 0 amide bonds. The van der Waals surface area contributed by atoms with Crippen molar-refractivity contribution in [2.75, 3.05) is 14.2 Å². The molecule has 0 fully saturated rings. The van der Waals surface area contributed by atoms with E-state index in [1.165, 1.54) is 7.11 Å². The monoisotopic (exact) mass is 300 g/mol. The number of fused-ring (bicyclic) bond motifs is 1. The van der Waals surface area contributed by atoms with Crippen LogP contribution < -0.4 is 9.47 Å². The van der Waals surface area contributed by atoms with Crippen LogP contribution in [0.15, 0.2) is 41.6 Å². The van der Waals surface area contributed by atoms with Crippen LogP contribution in [0.5, 0.6) is 11.5 Å². The summed E-state index contributed by atoms with van der Waals surface area (Å²) in [5.41, 5.74) is 2.08. The maximum absolute atomic E-state index is 10.7. The molecule has 0 atom stereocenters. The van der Waals surface area contributed by atoms with E-state index in [-0.39, 0.29) is 5.69 Å². The lowest BCUT2D eigenvalue weighted by molar-refractivity contribution is 0.415. The van der Waals surface area contributed by atoms with E-state index in [1.807, 2.05) is 24.3 Å². The smallest absolute Gasteiger partial charge is 0.149 e. The third-order valence-electron chi connectivity index (χ3n) is 3.12. The minimum atomic E-state index is 0.282. The Hall–Kier alpha value is -2.47. The molecule has 2 aromatic carbocycles. The molecule has 0 radical (unpaired) electrons. The molecule has 6 heteroatoms. The summed E-state index contributed by atoms with van der Waals surface area (Å²) in [7, 11) is 3.15. The summed E-state index contributed by atoms with van der Waals surface area (Å²) in [6.07, 6.45) is 0. The van der Waals surface area contributed by atoms with Crippen LogP contribution in [-0.2, 0) is 0 Å². The van der Waals surface area contributed by atoms with Crippen LogP contribution in [0.2, 0.25) is 0 Å². The minimum Gasteiger partial charge on any atom is -0.497 e.